The molecule has 1 aliphatic rings. The summed E-state index contributed by atoms with van der Waals surface area (Å²) >= 11 is 9.21. The van der Waals surface area contributed by atoms with E-state index in [-0.39, 0.29) is 6.04 Å². The second kappa shape index (κ2) is 12.6. The Kier molecular flexibility index (Phi) is 7.32. The molecule has 1 aliphatic heterocycles. The third-order valence-electron chi connectivity index (χ3n) is 11.0. The van der Waals surface area contributed by atoms with Gasteiger partial charge in [0.05, 0.1) is 27.8 Å². The van der Waals surface area contributed by atoms with E-state index in [1.165, 1.54) is 47.5 Å². The van der Waals surface area contributed by atoms with E-state index >= 15 is 0 Å². The largest absolute Gasteiger partial charge is 0.454 e. The quantitative estimate of drug-likeness (QED) is 0.178. The Balaban J connectivity index is 1.16. The summed E-state index contributed by atoms with van der Waals surface area (Å²) in [5.41, 5.74) is 9.11. The van der Waals surface area contributed by atoms with Crippen LogP contribution in [0.5, 0.6) is 0 Å². The number of benzene rings is 7. The number of rotatable bonds is 4. The van der Waals surface area contributed by atoms with E-state index in [0.717, 1.165) is 58.1 Å². The van der Waals surface area contributed by atoms with Crippen molar-refractivity contribution in [2.24, 2.45) is 9.98 Å². The molecule has 3 aromatic heterocycles. The molecule has 0 radical (unpaired) electrons. The van der Waals surface area contributed by atoms with Gasteiger partial charge in [0.2, 0.25) is 0 Å². The average molecular weight is 734 g/mol. The van der Waals surface area contributed by atoms with Crippen molar-refractivity contribution in [3.63, 3.8) is 0 Å². The molecule has 0 N–H and O–H groups in total. The van der Waals surface area contributed by atoms with E-state index in [1.807, 2.05) is 29.5 Å². The summed E-state index contributed by atoms with van der Waals surface area (Å²) in [6.07, 6.45) is 2.60. The average Bonchev–Trinajstić information content (AvgIpc) is 3.89. The number of amidine groups is 1. The summed E-state index contributed by atoms with van der Waals surface area (Å²) in [5.74, 6) is 0.627. The molecule has 0 spiro atoms. The lowest BCUT2D eigenvalue weighted by atomic mass is 9.93. The van der Waals surface area contributed by atoms with Crippen LogP contribution in [0, 0.1) is 0 Å². The predicted octanol–water partition coefficient (Wildman–Crippen LogP) is 13.9. The number of furan rings is 1. The first-order valence-corrected chi connectivity index (χ1v) is 19.6. The SMILES string of the molecule is Clc1c(C2=N/C(c3cccc4c3c3ccccc3n4-c3ccccc3)CCC/C(c3cccc4sc5ccccc5c34)=N\2)ccc2c1oc1ccccc12. The fraction of sp³-hybridized carbons (Fsp3) is 0.0833. The molecule has 54 heavy (non-hydrogen) atoms. The highest BCUT2D eigenvalue weighted by Crippen LogP contribution is 2.42. The van der Waals surface area contributed by atoms with Crippen LogP contribution in [0.3, 0.4) is 0 Å². The van der Waals surface area contributed by atoms with Crippen LogP contribution in [0.4, 0.5) is 0 Å². The molecule has 258 valence electrons. The maximum atomic E-state index is 7.38. The molecule has 1 atom stereocenters. The van der Waals surface area contributed by atoms with Gasteiger partial charge in [-0.1, -0.05) is 109 Å². The van der Waals surface area contributed by atoms with Gasteiger partial charge < -0.3 is 8.98 Å². The number of thiophene rings is 1. The van der Waals surface area contributed by atoms with Crippen LogP contribution in [0.1, 0.15) is 42.0 Å². The van der Waals surface area contributed by atoms with Gasteiger partial charge in [-0.2, -0.15) is 0 Å². The Bertz CT molecular complexity index is 3170. The first-order chi connectivity index (χ1) is 26.7. The highest BCUT2D eigenvalue weighted by Gasteiger charge is 2.25. The molecule has 0 saturated carbocycles. The van der Waals surface area contributed by atoms with Gasteiger partial charge in [0.15, 0.2) is 11.4 Å². The first-order valence-electron chi connectivity index (χ1n) is 18.4. The van der Waals surface area contributed by atoms with Crippen molar-refractivity contribution in [1.82, 2.24) is 4.57 Å². The zero-order valence-corrected chi connectivity index (χ0v) is 30.7. The predicted molar refractivity (Wildman–Crippen MR) is 229 cm³/mol. The van der Waals surface area contributed by atoms with Gasteiger partial charge in [-0.3, -0.25) is 4.99 Å². The number of para-hydroxylation sites is 3. The van der Waals surface area contributed by atoms with Gasteiger partial charge in [0.25, 0.3) is 0 Å². The van der Waals surface area contributed by atoms with Gasteiger partial charge in [0, 0.05) is 58.5 Å². The monoisotopic (exact) mass is 733 g/mol. The van der Waals surface area contributed by atoms with E-state index in [4.69, 9.17) is 26.0 Å². The number of hydrogen-bond acceptors (Lipinski definition) is 4. The van der Waals surface area contributed by atoms with Crippen LogP contribution in [0.2, 0.25) is 5.02 Å². The Morgan fingerprint density at radius 3 is 2.26 bits per heavy atom. The van der Waals surface area contributed by atoms with Gasteiger partial charge in [0.1, 0.15) is 5.58 Å². The zero-order chi connectivity index (χ0) is 35.8. The fourth-order valence-corrected chi connectivity index (χ4v) is 9.98. The second-order valence-electron chi connectivity index (χ2n) is 14.0. The zero-order valence-electron chi connectivity index (χ0n) is 29.2. The minimum Gasteiger partial charge on any atom is -0.454 e. The molecular weight excluding hydrogens is 702 g/mol. The Morgan fingerprint density at radius 2 is 1.35 bits per heavy atom. The lowest BCUT2D eigenvalue weighted by Gasteiger charge is -2.21. The fourth-order valence-electron chi connectivity index (χ4n) is 8.56. The number of halogens is 1. The third-order valence-corrected chi connectivity index (χ3v) is 12.5. The van der Waals surface area contributed by atoms with Crippen LogP contribution in [-0.2, 0) is 0 Å². The number of hydrogen-bond donors (Lipinski definition) is 0. The lowest BCUT2D eigenvalue weighted by Crippen LogP contribution is -2.13. The molecule has 4 heterocycles. The number of aromatic nitrogens is 1. The summed E-state index contributed by atoms with van der Waals surface area (Å²) in [6, 6.07) is 53.4. The molecule has 10 aromatic rings. The molecule has 4 nitrogen and oxygen atoms in total. The van der Waals surface area contributed by atoms with E-state index in [9.17, 15) is 0 Å². The molecule has 0 amide bonds. The number of aliphatic imine (C=N–C) groups is 2. The van der Waals surface area contributed by atoms with Crippen molar-refractivity contribution in [3.05, 3.63) is 173 Å². The van der Waals surface area contributed by atoms with Crippen molar-refractivity contribution in [1.29, 1.82) is 0 Å². The van der Waals surface area contributed by atoms with Crippen LogP contribution >= 0.6 is 22.9 Å². The Labute approximate surface area is 320 Å². The van der Waals surface area contributed by atoms with Gasteiger partial charge in [-0.05, 0) is 79.4 Å². The van der Waals surface area contributed by atoms with E-state index < -0.39 is 0 Å². The molecule has 7 aromatic carbocycles. The van der Waals surface area contributed by atoms with Crippen molar-refractivity contribution in [2.45, 2.75) is 25.3 Å². The minimum atomic E-state index is -0.149. The summed E-state index contributed by atoms with van der Waals surface area (Å²) in [5, 5.41) is 7.52. The maximum Gasteiger partial charge on any atom is 0.157 e. The molecular formula is C48H32ClN3OS. The molecule has 6 heteroatoms. The Morgan fingerprint density at radius 1 is 0.611 bits per heavy atom. The normalized spacial score (nSPS) is 17.2. The maximum absolute atomic E-state index is 7.38. The smallest absolute Gasteiger partial charge is 0.157 e. The minimum absolute atomic E-state index is 0.149. The van der Waals surface area contributed by atoms with Crippen molar-refractivity contribution < 1.29 is 4.42 Å². The highest BCUT2D eigenvalue weighted by molar-refractivity contribution is 7.25. The van der Waals surface area contributed by atoms with Crippen molar-refractivity contribution >= 4 is 98.4 Å². The van der Waals surface area contributed by atoms with Gasteiger partial charge in [-0.25, -0.2) is 4.99 Å². The van der Waals surface area contributed by atoms with Gasteiger partial charge in [-0.15, -0.1) is 11.3 Å². The molecule has 0 saturated heterocycles. The summed E-state index contributed by atoms with van der Waals surface area (Å²) < 4.78 is 11.3. The molecule has 1 unspecified atom stereocenters. The van der Waals surface area contributed by atoms with Crippen molar-refractivity contribution in [2.75, 3.05) is 0 Å². The third kappa shape index (κ3) is 4.89. The summed E-state index contributed by atoms with van der Waals surface area (Å²) in [7, 11) is 0. The van der Waals surface area contributed by atoms with E-state index in [0.29, 0.717) is 16.4 Å². The van der Waals surface area contributed by atoms with Crippen LogP contribution in [0.25, 0.3) is 69.6 Å². The number of fused-ring (bicyclic) bond motifs is 9. The number of nitrogens with zero attached hydrogens (tertiary/aromatic N) is 3. The molecule has 0 fully saturated rings. The molecule has 0 bridgehead atoms. The van der Waals surface area contributed by atoms with Crippen molar-refractivity contribution in [3.8, 4) is 5.69 Å². The Hall–Kier alpha value is -6.01. The molecule has 11 rings (SSSR count). The second-order valence-corrected chi connectivity index (χ2v) is 15.5. The van der Waals surface area contributed by atoms with Gasteiger partial charge >= 0.3 is 0 Å². The van der Waals surface area contributed by atoms with Crippen LogP contribution < -0.4 is 0 Å². The topological polar surface area (TPSA) is 42.8 Å². The summed E-state index contributed by atoms with van der Waals surface area (Å²) in [4.78, 5) is 11.2. The van der Waals surface area contributed by atoms with Crippen LogP contribution in [-0.4, -0.2) is 16.1 Å². The van der Waals surface area contributed by atoms with E-state index in [2.05, 4.69) is 138 Å². The highest BCUT2D eigenvalue weighted by atomic mass is 35.5. The van der Waals surface area contributed by atoms with Crippen LogP contribution in [0.15, 0.2) is 166 Å². The first kappa shape index (κ1) is 31.5. The standard InChI is InChI=1S/C48H32ClN3OS/c49-46-36(28-27-31-30-15-5-8-24-41(30)53-47(31)46)48-50-37(20-12-21-38(51-48)33-19-11-26-43-45(33)35-17-6-9-25-42(35)54-43)32-18-10-23-40-44(32)34-16-4-7-22-39(34)52(40)29-13-2-1-3-14-29/h1-11,13-19,22-28,37H,12,20-21H2/b50-48-,51-38+. The lowest BCUT2D eigenvalue weighted by molar-refractivity contribution is 0.626. The summed E-state index contributed by atoms with van der Waals surface area (Å²) in [6.45, 7) is 0. The molecule has 0 aliphatic carbocycles. The van der Waals surface area contributed by atoms with E-state index in [1.54, 1.807) is 0 Å².